The van der Waals surface area contributed by atoms with E-state index in [9.17, 15) is 14.7 Å². The summed E-state index contributed by atoms with van der Waals surface area (Å²) in [6.07, 6.45) is 6.41. The Morgan fingerprint density at radius 1 is 1.24 bits per heavy atom. The van der Waals surface area contributed by atoms with Crippen molar-refractivity contribution in [2.24, 2.45) is 5.92 Å². The second kappa shape index (κ2) is 5.88. The number of carbonyl (C=O) groups is 2. The molecule has 1 fully saturated rings. The molecule has 4 nitrogen and oxygen atoms in total. The molecule has 1 heterocycles. The zero-order valence-electron chi connectivity index (χ0n) is 12.1. The minimum absolute atomic E-state index is 0.131. The molecule has 0 radical (unpaired) electrons. The van der Waals surface area contributed by atoms with Crippen molar-refractivity contribution in [3.05, 3.63) is 35.4 Å². The lowest BCUT2D eigenvalue weighted by Crippen LogP contribution is -2.42. The molecule has 1 unspecified atom stereocenters. The van der Waals surface area contributed by atoms with Crippen molar-refractivity contribution < 1.29 is 14.7 Å². The number of fused-ring (bicyclic) bond motifs is 1. The predicted octanol–water partition coefficient (Wildman–Crippen LogP) is 3.07. The minimum Gasteiger partial charge on any atom is -0.480 e. The Morgan fingerprint density at radius 2 is 1.95 bits per heavy atom. The van der Waals surface area contributed by atoms with E-state index in [-0.39, 0.29) is 5.91 Å². The molecule has 1 aliphatic carbocycles. The van der Waals surface area contributed by atoms with E-state index in [1.165, 1.54) is 19.3 Å². The normalized spacial score (nSPS) is 20.4. The third-order valence-corrected chi connectivity index (χ3v) is 4.79. The van der Waals surface area contributed by atoms with Crippen LogP contribution >= 0.6 is 0 Å². The van der Waals surface area contributed by atoms with E-state index in [0.29, 0.717) is 24.4 Å². The van der Waals surface area contributed by atoms with Gasteiger partial charge in [-0.1, -0.05) is 50.3 Å². The predicted molar refractivity (Wildman–Crippen MR) is 78.9 cm³/mol. The number of carbonyl (C=O) groups excluding carboxylic acids is 1. The van der Waals surface area contributed by atoms with Crippen LogP contribution in [0, 0.1) is 5.92 Å². The largest absolute Gasteiger partial charge is 0.480 e. The molecule has 1 aliphatic heterocycles. The molecule has 0 bridgehead atoms. The average Bonchev–Trinajstić information content (AvgIpc) is 2.83. The molecule has 112 valence electrons. The van der Waals surface area contributed by atoms with E-state index in [2.05, 4.69) is 0 Å². The van der Waals surface area contributed by atoms with Crippen LogP contribution in [0.4, 0.5) is 0 Å². The molecule has 1 saturated carbocycles. The number of amides is 1. The molecule has 21 heavy (non-hydrogen) atoms. The van der Waals surface area contributed by atoms with Crippen LogP contribution in [0.3, 0.4) is 0 Å². The zero-order valence-corrected chi connectivity index (χ0v) is 12.1. The highest BCUT2D eigenvalue weighted by molar-refractivity contribution is 6.00. The second-order valence-corrected chi connectivity index (χ2v) is 6.18. The number of aliphatic carboxylic acids is 1. The number of hydrogen-bond donors (Lipinski definition) is 1. The van der Waals surface area contributed by atoms with E-state index >= 15 is 0 Å². The van der Waals surface area contributed by atoms with Crippen LogP contribution in [0.15, 0.2) is 24.3 Å². The lowest BCUT2D eigenvalue weighted by Gasteiger charge is -2.29. The summed E-state index contributed by atoms with van der Waals surface area (Å²) in [6.45, 7) is 0.429. The van der Waals surface area contributed by atoms with Crippen LogP contribution in [0.1, 0.15) is 54.4 Å². The first-order valence-electron chi connectivity index (χ1n) is 7.78. The standard InChI is InChI=1S/C17H21NO3/c19-16-14-9-5-4-8-13(14)11-18(16)15(17(20)21)10-12-6-2-1-3-7-12/h4-5,8-9,12,15H,1-3,6-7,10-11H2,(H,20,21). The second-order valence-electron chi connectivity index (χ2n) is 6.18. The molecule has 2 aliphatic rings. The summed E-state index contributed by atoms with van der Waals surface area (Å²) in [5.41, 5.74) is 1.60. The van der Waals surface area contributed by atoms with Crippen LogP contribution in [0.5, 0.6) is 0 Å². The molecule has 1 N–H and O–H groups in total. The summed E-state index contributed by atoms with van der Waals surface area (Å²) in [7, 11) is 0. The first-order valence-corrected chi connectivity index (χ1v) is 7.78. The van der Waals surface area contributed by atoms with E-state index in [0.717, 1.165) is 18.4 Å². The minimum atomic E-state index is -0.873. The first-order chi connectivity index (χ1) is 10.2. The fraction of sp³-hybridized carbons (Fsp3) is 0.529. The third-order valence-electron chi connectivity index (χ3n) is 4.79. The summed E-state index contributed by atoms with van der Waals surface area (Å²) in [5.74, 6) is -0.563. The number of carboxylic acids is 1. The molecule has 1 amide bonds. The molecule has 4 heteroatoms. The van der Waals surface area contributed by atoms with Crippen molar-refractivity contribution in [3.63, 3.8) is 0 Å². The first kappa shape index (κ1) is 14.1. The van der Waals surface area contributed by atoms with Crippen LogP contribution in [0.2, 0.25) is 0 Å². The van der Waals surface area contributed by atoms with Crippen LogP contribution in [-0.2, 0) is 11.3 Å². The molecule has 0 spiro atoms. The van der Waals surface area contributed by atoms with Crippen LogP contribution in [0.25, 0.3) is 0 Å². The van der Waals surface area contributed by atoms with Crippen molar-refractivity contribution in [3.8, 4) is 0 Å². The average molecular weight is 287 g/mol. The summed E-state index contributed by atoms with van der Waals surface area (Å²) in [4.78, 5) is 25.7. The summed E-state index contributed by atoms with van der Waals surface area (Å²) in [5, 5.41) is 9.57. The van der Waals surface area contributed by atoms with Crippen LogP contribution in [-0.4, -0.2) is 27.9 Å². The van der Waals surface area contributed by atoms with Crippen molar-refractivity contribution in [1.29, 1.82) is 0 Å². The number of carboxylic acid groups (broad SMARTS) is 1. The highest BCUT2D eigenvalue weighted by Crippen LogP contribution is 2.32. The highest BCUT2D eigenvalue weighted by atomic mass is 16.4. The van der Waals surface area contributed by atoms with Crippen molar-refractivity contribution in [2.45, 2.75) is 51.1 Å². The van der Waals surface area contributed by atoms with Gasteiger partial charge in [0.15, 0.2) is 0 Å². The van der Waals surface area contributed by atoms with Crippen molar-refractivity contribution in [2.75, 3.05) is 0 Å². The van der Waals surface area contributed by atoms with Crippen LogP contribution < -0.4 is 0 Å². The molecular formula is C17H21NO3. The summed E-state index contributed by atoms with van der Waals surface area (Å²) in [6, 6.07) is 6.74. The van der Waals surface area contributed by atoms with Crippen molar-refractivity contribution >= 4 is 11.9 Å². The van der Waals surface area contributed by atoms with Gasteiger partial charge in [-0.15, -0.1) is 0 Å². The number of nitrogens with zero attached hydrogens (tertiary/aromatic N) is 1. The molecule has 0 aromatic heterocycles. The lowest BCUT2D eigenvalue weighted by atomic mass is 9.84. The van der Waals surface area contributed by atoms with Crippen molar-refractivity contribution in [1.82, 2.24) is 4.90 Å². The zero-order chi connectivity index (χ0) is 14.8. The monoisotopic (exact) mass is 287 g/mol. The topological polar surface area (TPSA) is 57.6 Å². The lowest BCUT2D eigenvalue weighted by molar-refractivity contribution is -0.143. The van der Waals surface area contributed by atoms with Gasteiger partial charge in [-0.25, -0.2) is 4.79 Å². The van der Waals surface area contributed by atoms with Gasteiger partial charge in [0.2, 0.25) is 0 Å². The fourth-order valence-electron chi connectivity index (χ4n) is 3.63. The van der Waals surface area contributed by atoms with Gasteiger partial charge in [0, 0.05) is 12.1 Å². The number of hydrogen-bond acceptors (Lipinski definition) is 2. The maximum Gasteiger partial charge on any atom is 0.326 e. The molecule has 1 aromatic rings. The van der Waals surface area contributed by atoms with Gasteiger partial charge in [-0.2, -0.15) is 0 Å². The molecule has 3 rings (SSSR count). The van der Waals surface area contributed by atoms with Gasteiger partial charge in [0.05, 0.1) is 0 Å². The van der Waals surface area contributed by atoms with E-state index in [1.54, 1.807) is 11.0 Å². The Labute approximate surface area is 124 Å². The Hall–Kier alpha value is -1.84. The maximum atomic E-state index is 12.4. The van der Waals surface area contributed by atoms with Gasteiger partial charge >= 0.3 is 5.97 Å². The Bertz CT molecular complexity index is 549. The SMILES string of the molecule is O=C(O)C(CC1CCCCC1)N1Cc2ccccc2C1=O. The molecular weight excluding hydrogens is 266 g/mol. The Balaban J connectivity index is 1.76. The Kier molecular flexibility index (Phi) is 3.95. The van der Waals surface area contributed by atoms with Gasteiger partial charge in [-0.3, -0.25) is 4.79 Å². The van der Waals surface area contributed by atoms with Gasteiger partial charge in [0.1, 0.15) is 6.04 Å². The van der Waals surface area contributed by atoms with Gasteiger partial charge in [-0.05, 0) is 24.0 Å². The quantitative estimate of drug-likeness (QED) is 0.926. The summed E-state index contributed by atoms with van der Waals surface area (Å²) >= 11 is 0. The van der Waals surface area contributed by atoms with E-state index in [1.807, 2.05) is 18.2 Å². The smallest absolute Gasteiger partial charge is 0.326 e. The fourth-order valence-corrected chi connectivity index (χ4v) is 3.63. The maximum absolute atomic E-state index is 12.4. The van der Waals surface area contributed by atoms with E-state index < -0.39 is 12.0 Å². The summed E-state index contributed by atoms with van der Waals surface area (Å²) < 4.78 is 0. The Morgan fingerprint density at radius 3 is 2.62 bits per heavy atom. The van der Waals surface area contributed by atoms with Gasteiger partial charge < -0.3 is 10.0 Å². The van der Waals surface area contributed by atoms with Gasteiger partial charge in [0.25, 0.3) is 5.91 Å². The molecule has 1 aromatic carbocycles. The molecule has 0 saturated heterocycles. The number of benzene rings is 1. The highest BCUT2D eigenvalue weighted by Gasteiger charge is 2.37. The number of rotatable bonds is 4. The third kappa shape index (κ3) is 2.80. The molecule has 1 atom stereocenters. The van der Waals surface area contributed by atoms with E-state index in [4.69, 9.17) is 0 Å².